The van der Waals surface area contributed by atoms with E-state index >= 15 is 0 Å². The summed E-state index contributed by atoms with van der Waals surface area (Å²) in [5, 5.41) is 0. The van der Waals surface area contributed by atoms with Crippen molar-refractivity contribution in [3.63, 3.8) is 0 Å². The van der Waals surface area contributed by atoms with Gasteiger partial charge < -0.3 is 20.2 Å². The topological polar surface area (TPSA) is 73.2 Å². The average molecular weight is 261 g/mol. The van der Waals surface area contributed by atoms with Crippen LogP contribution in [0, 0.1) is 0 Å². The maximum absolute atomic E-state index is 5.83. The molecular formula is C14H19N3O2. The molecule has 0 fully saturated rings. The van der Waals surface area contributed by atoms with Crippen molar-refractivity contribution in [2.75, 3.05) is 19.8 Å². The van der Waals surface area contributed by atoms with E-state index < -0.39 is 0 Å². The third-order valence-electron chi connectivity index (χ3n) is 3.47. The van der Waals surface area contributed by atoms with Crippen molar-refractivity contribution in [1.82, 2.24) is 9.97 Å². The normalized spacial score (nSPS) is 15.7. The van der Waals surface area contributed by atoms with Crippen LogP contribution in [-0.2, 0) is 0 Å². The van der Waals surface area contributed by atoms with Gasteiger partial charge in [0.1, 0.15) is 19.0 Å². The molecule has 0 saturated carbocycles. The van der Waals surface area contributed by atoms with Crippen molar-refractivity contribution in [1.29, 1.82) is 0 Å². The summed E-state index contributed by atoms with van der Waals surface area (Å²) >= 11 is 0. The largest absolute Gasteiger partial charge is 0.486 e. The minimum Gasteiger partial charge on any atom is -0.486 e. The number of rotatable bonds is 4. The number of fused-ring (bicyclic) bond motifs is 2. The molecule has 0 aliphatic carbocycles. The van der Waals surface area contributed by atoms with Crippen LogP contribution in [0.5, 0.6) is 11.5 Å². The van der Waals surface area contributed by atoms with E-state index in [2.05, 4.69) is 16.9 Å². The van der Waals surface area contributed by atoms with Gasteiger partial charge in [0, 0.05) is 24.6 Å². The first-order valence-corrected chi connectivity index (χ1v) is 6.81. The maximum atomic E-state index is 5.83. The first-order valence-electron chi connectivity index (χ1n) is 6.81. The summed E-state index contributed by atoms with van der Waals surface area (Å²) in [4.78, 5) is 7.99. The Kier molecular flexibility index (Phi) is 3.29. The predicted molar refractivity (Wildman–Crippen MR) is 73.8 cm³/mol. The molecule has 102 valence electrons. The lowest BCUT2D eigenvalue weighted by Crippen LogP contribution is -2.15. The van der Waals surface area contributed by atoms with E-state index in [9.17, 15) is 0 Å². The van der Waals surface area contributed by atoms with E-state index in [1.807, 2.05) is 12.1 Å². The Morgan fingerprint density at radius 1 is 1.32 bits per heavy atom. The summed E-state index contributed by atoms with van der Waals surface area (Å²) < 4.78 is 11.1. The van der Waals surface area contributed by atoms with Crippen LogP contribution >= 0.6 is 0 Å². The van der Waals surface area contributed by atoms with Crippen molar-refractivity contribution in [3.05, 3.63) is 18.0 Å². The molecule has 1 aliphatic heterocycles. The highest BCUT2D eigenvalue weighted by molar-refractivity contribution is 5.80. The number of aromatic nitrogens is 2. The smallest absolute Gasteiger partial charge is 0.163 e. The van der Waals surface area contributed by atoms with Crippen molar-refractivity contribution < 1.29 is 9.47 Å². The van der Waals surface area contributed by atoms with Crippen LogP contribution in [0.2, 0.25) is 0 Å². The third-order valence-corrected chi connectivity index (χ3v) is 3.47. The van der Waals surface area contributed by atoms with E-state index in [4.69, 9.17) is 15.2 Å². The third kappa shape index (κ3) is 2.26. The van der Waals surface area contributed by atoms with Gasteiger partial charge in [-0.25, -0.2) is 4.98 Å². The van der Waals surface area contributed by atoms with Crippen LogP contribution in [-0.4, -0.2) is 29.7 Å². The average Bonchev–Trinajstić information content (AvgIpc) is 2.84. The lowest BCUT2D eigenvalue weighted by atomic mass is 10.0. The van der Waals surface area contributed by atoms with Gasteiger partial charge in [0.2, 0.25) is 0 Å². The summed E-state index contributed by atoms with van der Waals surface area (Å²) in [6.45, 7) is 3.96. The fourth-order valence-electron chi connectivity index (χ4n) is 2.47. The Labute approximate surface area is 112 Å². The van der Waals surface area contributed by atoms with Gasteiger partial charge >= 0.3 is 0 Å². The van der Waals surface area contributed by atoms with Gasteiger partial charge in [0.15, 0.2) is 11.5 Å². The number of nitrogens with two attached hydrogens (primary N) is 1. The van der Waals surface area contributed by atoms with Crippen molar-refractivity contribution in [3.8, 4) is 11.5 Å². The second-order valence-electron chi connectivity index (χ2n) is 4.86. The molecule has 0 bridgehead atoms. The molecule has 2 aromatic rings. The SMILES string of the molecule is CCCC(CN)c1nc2cc3c(cc2[nH]1)OCCO3. The van der Waals surface area contributed by atoms with Crippen molar-refractivity contribution in [2.45, 2.75) is 25.7 Å². The fraction of sp³-hybridized carbons (Fsp3) is 0.500. The van der Waals surface area contributed by atoms with Crippen LogP contribution in [0.4, 0.5) is 0 Å². The monoisotopic (exact) mass is 261 g/mol. The second-order valence-corrected chi connectivity index (χ2v) is 4.86. The van der Waals surface area contributed by atoms with Gasteiger partial charge in [-0.1, -0.05) is 13.3 Å². The molecule has 0 radical (unpaired) electrons. The molecule has 1 aliphatic rings. The van der Waals surface area contributed by atoms with Gasteiger partial charge in [0.05, 0.1) is 11.0 Å². The van der Waals surface area contributed by atoms with Crippen LogP contribution in [0.1, 0.15) is 31.5 Å². The maximum Gasteiger partial charge on any atom is 0.163 e. The minimum absolute atomic E-state index is 0.288. The Hall–Kier alpha value is -1.75. The molecule has 1 unspecified atom stereocenters. The summed E-state index contributed by atoms with van der Waals surface area (Å²) in [7, 11) is 0. The Morgan fingerprint density at radius 2 is 2.05 bits per heavy atom. The Morgan fingerprint density at radius 3 is 2.74 bits per heavy atom. The number of benzene rings is 1. The molecule has 0 amide bonds. The summed E-state index contributed by atoms with van der Waals surface area (Å²) in [5.41, 5.74) is 7.72. The van der Waals surface area contributed by atoms with E-state index in [0.29, 0.717) is 19.8 Å². The summed E-state index contributed by atoms with van der Waals surface area (Å²) in [6, 6.07) is 3.89. The number of ether oxygens (including phenoxy) is 2. The number of hydrogen-bond acceptors (Lipinski definition) is 4. The number of nitrogens with one attached hydrogen (secondary N) is 1. The quantitative estimate of drug-likeness (QED) is 0.884. The Balaban J connectivity index is 2.00. The van der Waals surface area contributed by atoms with Gasteiger partial charge in [-0.3, -0.25) is 0 Å². The Bertz CT molecular complexity index is 536. The molecule has 19 heavy (non-hydrogen) atoms. The highest BCUT2D eigenvalue weighted by Gasteiger charge is 2.17. The van der Waals surface area contributed by atoms with Crippen LogP contribution in [0.25, 0.3) is 11.0 Å². The second kappa shape index (κ2) is 5.09. The molecule has 5 nitrogen and oxygen atoms in total. The summed E-state index contributed by atoms with van der Waals surface area (Å²) in [6.07, 6.45) is 2.14. The zero-order chi connectivity index (χ0) is 13.2. The van der Waals surface area contributed by atoms with Crippen molar-refractivity contribution in [2.24, 2.45) is 5.73 Å². The number of H-pyrrole nitrogens is 1. The zero-order valence-electron chi connectivity index (χ0n) is 11.1. The number of imidazole rings is 1. The molecule has 3 rings (SSSR count). The molecule has 1 aromatic carbocycles. The van der Waals surface area contributed by atoms with Crippen LogP contribution in [0.15, 0.2) is 12.1 Å². The van der Waals surface area contributed by atoms with Crippen LogP contribution < -0.4 is 15.2 Å². The fourth-order valence-corrected chi connectivity index (χ4v) is 2.47. The highest BCUT2D eigenvalue weighted by Crippen LogP contribution is 2.34. The van der Waals surface area contributed by atoms with E-state index in [1.54, 1.807) is 0 Å². The lowest BCUT2D eigenvalue weighted by Gasteiger charge is -2.17. The van der Waals surface area contributed by atoms with Gasteiger partial charge in [0.25, 0.3) is 0 Å². The minimum atomic E-state index is 0.288. The molecule has 5 heteroatoms. The number of hydrogen-bond donors (Lipinski definition) is 2. The summed E-state index contributed by atoms with van der Waals surface area (Å²) in [5.74, 6) is 2.81. The van der Waals surface area contributed by atoms with Gasteiger partial charge in [-0.05, 0) is 6.42 Å². The first-order chi connectivity index (χ1) is 9.31. The van der Waals surface area contributed by atoms with E-state index in [-0.39, 0.29) is 5.92 Å². The molecule has 2 heterocycles. The molecular weight excluding hydrogens is 242 g/mol. The highest BCUT2D eigenvalue weighted by atomic mass is 16.6. The first kappa shape index (κ1) is 12.3. The van der Waals surface area contributed by atoms with Gasteiger partial charge in [-0.15, -0.1) is 0 Å². The number of nitrogens with zero attached hydrogens (tertiary/aromatic N) is 1. The van der Waals surface area contributed by atoms with Crippen LogP contribution in [0.3, 0.4) is 0 Å². The van der Waals surface area contributed by atoms with Gasteiger partial charge in [-0.2, -0.15) is 0 Å². The van der Waals surface area contributed by atoms with E-state index in [1.165, 1.54) is 0 Å². The van der Waals surface area contributed by atoms with Crippen molar-refractivity contribution >= 4 is 11.0 Å². The zero-order valence-corrected chi connectivity index (χ0v) is 11.1. The molecule has 0 spiro atoms. The standard InChI is InChI=1S/C14H19N3O2/c1-2-3-9(8-15)14-16-10-6-12-13(7-11(10)17-14)19-5-4-18-12/h6-7,9H,2-5,8,15H2,1H3,(H,16,17). The molecule has 1 atom stereocenters. The lowest BCUT2D eigenvalue weighted by molar-refractivity contribution is 0.172. The molecule has 0 saturated heterocycles. The molecule has 1 aromatic heterocycles. The predicted octanol–water partition coefficient (Wildman–Crippen LogP) is 2.18. The number of aromatic amines is 1. The van der Waals surface area contributed by atoms with E-state index in [0.717, 1.165) is 41.2 Å². The molecule has 3 N–H and O–H groups in total.